The minimum Gasteiger partial charge on any atom is -0.474 e. The van der Waals surface area contributed by atoms with Gasteiger partial charge in [-0.15, -0.1) is 0 Å². The number of benzene rings is 2. The van der Waals surface area contributed by atoms with Crippen LogP contribution in [-0.2, 0) is 13.1 Å². The van der Waals surface area contributed by atoms with Gasteiger partial charge in [0.25, 0.3) is 5.91 Å². The second-order valence-corrected chi connectivity index (χ2v) is 8.41. The van der Waals surface area contributed by atoms with Crippen molar-refractivity contribution in [3.8, 4) is 17.0 Å². The molecule has 0 spiro atoms. The van der Waals surface area contributed by atoms with Crippen molar-refractivity contribution < 1.29 is 18.3 Å². The molecule has 34 heavy (non-hydrogen) atoms. The molecule has 5 rings (SSSR count). The second kappa shape index (κ2) is 8.67. The van der Waals surface area contributed by atoms with Gasteiger partial charge in [-0.1, -0.05) is 6.07 Å². The van der Waals surface area contributed by atoms with Crippen LogP contribution in [0.4, 0.5) is 14.5 Å². The summed E-state index contributed by atoms with van der Waals surface area (Å²) in [5.41, 5.74) is 3.40. The van der Waals surface area contributed by atoms with Crippen LogP contribution in [0.1, 0.15) is 40.0 Å². The SMILES string of the molecule is [C-]#[N+]c1cc(F)cc(-c2ccc(C(=O)N(C)Cc3ccc(F)c4c3CN=C4)nc2OC2CC2)c1. The lowest BCUT2D eigenvalue weighted by molar-refractivity contribution is 0.0777. The first kappa shape index (κ1) is 21.7. The van der Waals surface area contributed by atoms with Gasteiger partial charge >= 0.3 is 0 Å². The molecule has 2 aromatic carbocycles. The fourth-order valence-electron chi connectivity index (χ4n) is 3.91. The highest BCUT2D eigenvalue weighted by atomic mass is 19.1. The number of halogens is 2. The third-order valence-corrected chi connectivity index (χ3v) is 5.83. The third kappa shape index (κ3) is 4.25. The number of pyridine rings is 1. The van der Waals surface area contributed by atoms with Crippen molar-refractivity contribution in [2.75, 3.05) is 7.05 Å². The Balaban J connectivity index is 1.44. The Morgan fingerprint density at radius 3 is 2.79 bits per heavy atom. The number of ether oxygens (including phenoxy) is 1. The highest BCUT2D eigenvalue weighted by Crippen LogP contribution is 2.36. The molecule has 1 saturated carbocycles. The summed E-state index contributed by atoms with van der Waals surface area (Å²) in [5.74, 6) is -0.951. The molecule has 0 saturated heterocycles. The van der Waals surface area contributed by atoms with Crippen molar-refractivity contribution in [1.82, 2.24) is 9.88 Å². The van der Waals surface area contributed by atoms with Gasteiger partial charge in [0.2, 0.25) is 5.88 Å². The van der Waals surface area contributed by atoms with Crippen LogP contribution in [0.15, 0.2) is 47.5 Å². The van der Waals surface area contributed by atoms with E-state index in [0.717, 1.165) is 30.0 Å². The molecule has 8 heteroatoms. The predicted octanol–water partition coefficient (Wildman–Crippen LogP) is 5.32. The van der Waals surface area contributed by atoms with Crippen LogP contribution in [0.25, 0.3) is 16.0 Å². The number of hydrogen-bond donors (Lipinski definition) is 0. The van der Waals surface area contributed by atoms with Gasteiger partial charge < -0.3 is 9.64 Å². The predicted molar refractivity (Wildman–Crippen MR) is 123 cm³/mol. The van der Waals surface area contributed by atoms with Gasteiger partial charge in [-0.2, -0.15) is 0 Å². The number of aliphatic imine (C=N–C) groups is 1. The van der Waals surface area contributed by atoms with Crippen molar-refractivity contribution in [3.63, 3.8) is 0 Å². The summed E-state index contributed by atoms with van der Waals surface area (Å²) in [5, 5.41) is 0. The molecule has 2 heterocycles. The van der Waals surface area contributed by atoms with Gasteiger partial charge in [-0.25, -0.2) is 18.6 Å². The number of amides is 1. The van der Waals surface area contributed by atoms with E-state index in [-0.39, 0.29) is 41.6 Å². The molecule has 2 aliphatic rings. The highest BCUT2D eigenvalue weighted by Gasteiger charge is 2.27. The first-order valence-electron chi connectivity index (χ1n) is 10.8. The largest absolute Gasteiger partial charge is 0.474 e. The fourth-order valence-corrected chi connectivity index (χ4v) is 3.91. The zero-order valence-electron chi connectivity index (χ0n) is 18.4. The second-order valence-electron chi connectivity index (χ2n) is 8.41. The van der Waals surface area contributed by atoms with E-state index in [1.807, 2.05) is 0 Å². The Hall–Kier alpha value is -4.12. The molecular weight excluding hydrogens is 438 g/mol. The van der Waals surface area contributed by atoms with Crippen molar-refractivity contribution >= 4 is 17.8 Å². The summed E-state index contributed by atoms with van der Waals surface area (Å²) in [6.45, 7) is 7.85. The van der Waals surface area contributed by atoms with Gasteiger partial charge in [0.15, 0.2) is 5.69 Å². The van der Waals surface area contributed by atoms with Gasteiger partial charge in [0, 0.05) is 30.9 Å². The number of aromatic nitrogens is 1. The quantitative estimate of drug-likeness (QED) is 0.470. The lowest BCUT2D eigenvalue weighted by Gasteiger charge is -2.20. The summed E-state index contributed by atoms with van der Waals surface area (Å²) in [7, 11) is 1.65. The maximum Gasteiger partial charge on any atom is 0.272 e. The van der Waals surface area contributed by atoms with Gasteiger partial charge in [-0.3, -0.25) is 9.79 Å². The summed E-state index contributed by atoms with van der Waals surface area (Å²) in [6.07, 6.45) is 3.29. The zero-order valence-corrected chi connectivity index (χ0v) is 18.4. The minimum atomic E-state index is -0.531. The van der Waals surface area contributed by atoms with Crippen LogP contribution < -0.4 is 4.74 Å². The van der Waals surface area contributed by atoms with Gasteiger partial charge in [-0.05, 0) is 65.9 Å². The van der Waals surface area contributed by atoms with Crippen LogP contribution in [0, 0.1) is 18.2 Å². The van der Waals surface area contributed by atoms with E-state index in [1.54, 1.807) is 31.3 Å². The van der Waals surface area contributed by atoms with Crippen molar-refractivity contribution in [2.24, 2.45) is 4.99 Å². The Morgan fingerprint density at radius 2 is 2.03 bits per heavy atom. The van der Waals surface area contributed by atoms with Gasteiger partial charge in [0.1, 0.15) is 23.4 Å². The lowest BCUT2D eigenvalue weighted by atomic mass is 10.0. The summed E-state index contributed by atoms with van der Waals surface area (Å²) in [6, 6.07) is 10.3. The normalized spacial score (nSPS) is 13.9. The standard InChI is InChI=1S/C26H20F2N4O2/c1-29-18-10-16(9-17(27)11-18)20-6-8-24(31-25(20)34-19-4-5-19)26(33)32(2)14-15-3-7-23(28)22-13-30-12-21(15)22/h3,6-11,13,19H,4-5,12,14H2,2H3. The molecular formula is C26H20F2N4O2. The molecule has 0 N–H and O–H groups in total. The number of fused-ring (bicyclic) bond motifs is 1. The summed E-state index contributed by atoms with van der Waals surface area (Å²) < 4.78 is 34.0. The average Bonchev–Trinajstić information content (AvgIpc) is 3.50. The van der Waals surface area contributed by atoms with Crippen LogP contribution >= 0.6 is 0 Å². The molecule has 0 unspecified atom stereocenters. The fraction of sp³-hybridized carbons (Fsp3) is 0.231. The maximum absolute atomic E-state index is 14.0. The number of carbonyl (C=O) groups excluding carboxylic acids is 1. The summed E-state index contributed by atoms with van der Waals surface area (Å²) >= 11 is 0. The molecule has 170 valence electrons. The molecule has 0 atom stereocenters. The number of rotatable bonds is 6. The highest BCUT2D eigenvalue weighted by molar-refractivity contribution is 5.93. The molecule has 1 fully saturated rings. The van der Waals surface area contributed by atoms with Crippen LogP contribution in [0.2, 0.25) is 0 Å². The lowest BCUT2D eigenvalue weighted by Crippen LogP contribution is -2.27. The molecule has 0 bridgehead atoms. The first-order valence-corrected chi connectivity index (χ1v) is 10.8. The molecule has 1 aliphatic carbocycles. The molecule has 6 nitrogen and oxygen atoms in total. The van der Waals surface area contributed by atoms with Gasteiger partial charge in [0.05, 0.1) is 13.1 Å². The Bertz CT molecular complexity index is 1380. The summed E-state index contributed by atoms with van der Waals surface area (Å²) in [4.78, 5) is 26.6. The van der Waals surface area contributed by atoms with E-state index in [1.165, 1.54) is 23.2 Å². The smallest absolute Gasteiger partial charge is 0.272 e. The molecule has 1 aliphatic heterocycles. The minimum absolute atomic E-state index is 0.00465. The van der Waals surface area contributed by atoms with Crippen LogP contribution in [0.5, 0.6) is 5.88 Å². The van der Waals surface area contributed by atoms with Crippen LogP contribution in [0.3, 0.4) is 0 Å². The van der Waals surface area contributed by atoms with E-state index in [4.69, 9.17) is 11.3 Å². The average molecular weight is 458 g/mol. The molecule has 0 radical (unpaired) electrons. The monoisotopic (exact) mass is 458 g/mol. The zero-order chi connectivity index (χ0) is 23.8. The molecule has 3 aromatic rings. The maximum atomic E-state index is 14.0. The number of nitrogens with zero attached hydrogens (tertiary/aromatic N) is 4. The van der Waals surface area contributed by atoms with Crippen molar-refractivity contribution in [1.29, 1.82) is 0 Å². The first-order chi connectivity index (χ1) is 16.4. The topological polar surface area (TPSA) is 59.2 Å². The van der Waals surface area contributed by atoms with E-state index < -0.39 is 5.82 Å². The number of carbonyl (C=O) groups is 1. The molecule has 1 amide bonds. The van der Waals surface area contributed by atoms with Crippen molar-refractivity contribution in [2.45, 2.75) is 32.0 Å². The van der Waals surface area contributed by atoms with E-state index in [9.17, 15) is 13.6 Å². The molecule has 1 aromatic heterocycles. The van der Waals surface area contributed by atoms with E-state index >= 15 is 0 Å². The van der Waals surface area contributed by atoms with Crippen LogP contribution in [-0.4, -0.2) is 35.2 Å². The Labute approximate surface area is 195 Å². The number of hydrogen-bond acceptors (Lipinski definition) is 4. The van der Waals surface area contributed by atoms with Crippen molar-refractivity contribution in [3.05, 3.63) is 87.9 Å². The van der Waals surface area contributed by atoms with E-state index in [0.29, 0.717) is 23.2 Å². The Morgan fingerprint density at radius 1 is 1.21 bits per heavy atom. The van der Waals surface area contributed by atoms with E-state index in [2.05, 4.69) is 14.8 Å². The third-order valence-electron chi connectivity index (χ3n) is 5.83. The Kier molecular flexibility index (Phi) is 5.54.